The molecule has 0 spiro atoms. The van der Waals surface area contributed by atoms with Gasteiger partial charge in [-0.3, -0.25) is 4.79 Å². The number of nitrogens with one attached hydrogen (secondary N) is 1. The number of carbonyl (C=O) groups is 1. The Labute approximate surface area is 86.8 Å². The maximum absolute atomic E-state index is 11.2. The summed E-state index contributed by atoms with van der Waals surface area (Å²) in [6.45, 7) is 7.64. The summed E-state index contributed by atoms with van der Waals surface area (Å²) < 4.78 is 0. The lowest BCUT2D eigenvalue weighted by molar-refractivity contribution is -0.118. The van der Waals surface area contributed by atoms with Gasteiger partial charge < -0.3 is 5.32 Å². The molecule has 1 fully saturated rings. The normalized spacial score (nSPS) is 18.1. The highest BCUT2D eigenvalue weighted by atomic mass is 16.1. The van der Waals surface area contributed by atoms with Crippen LogP contribution in [-0.4, -0.2) is 11.4 Å². The van der Waals surface area contributed by atoms with Crippen molar-refractivity contribution in [2.45, 2.75) is 51.5 Å². The maximum atomic E-state index is 11.2. The smallest absolute Gasteiger partial charge is 0.243 e. The highest BCUT2D eigenvalue weighted by Crippen LogP contribution is 2.31. The van der Waals surface area contributed by atoms with Gasteiger partial charge in [0.1, 0.15) is 0 Å². The van der Waals surface area contributed by atoms with Crippen LogP contribution in [-0.2, 0) is 4.79 Å². The van der Waals surface area contributed by atoms with Gasteiger partial charge in [0.15, 0.2) is 0 Å². The van der Waals surface area contributed by atoms with Gasteiger partial charge in [-0.2, -0.15) is 0 Å². The molecule has 1 aliphatic carbocycles. The van der Waals surface area contributed by atoms with Crippen LogP contribution in [0, 0.1) is 5.92 Å². The Morgan fingerprint density at radius 3 is 2.57 bits per heavy atom. The quantitative estimate of drug-likeness (QED) is 0.686. The summed E-state index contributed by atoms with van der Waals surface area (Å²) in [5, 5.41) is 2.98. The Bertz CT molecular complexity index is 214. The summed E-state index contributed by atoms with van der Waals surface area (Å²) in [7, 11) is 0. The molecule has 0 saturated heterocycles. The Kier molecular flexibility index (Phi) is 3.73. The highest BCUT2D eigenvalue weighted by molar-refractivity contribution is 5.87. The Balaban J connectivity index is 2.39. The van der Waals surface area contributed by atoms with Gasteiger partial charge in [-0.1, -0.05) is 32.3 Å². The standard InChI is InChI=1S/C12H21NO/c1-4-11(14)13-12(2,3)9-10-7-5-6-8-10/h4,10H,1,5-9H2,2-3H3,(H,13,14). The van der Waals surface area contributed by atoms with Crippen molar-refractivity contribution in [3.63, 3.8) is 0 Å². The molecular formula is C12H21NO. The first-order chi connectivity index (χ1) is 6.53. The fourth-order valence-electron chi connectivity index (χ4n) is 2.37. The van der Waals surface area contributed by atoms with Crippen LogP contribution in [0.15, 0.2) is 12.7 Å². The fraction of sp³-hybridized carbons (Fsp3) is 0.750. The number of amides is 1. The molecule has 1 aliphatic rings. The summed E-state index contributed by atoms with van der Waals surface area (Å²) in [6, 6.07) is 0. The molecule has 0 bridgehead atoms. The first-order valence-electron chi connectivity index (χ1n) is 5.48. The molecule has 1 amide bonds. The summed E-state index contributed by atoms with van der Waals surface area (Å²) in [6.07, 6.45) is 7.80. The SMILES string of the molecule is C=CC(=O)NC(C)(C)CC1CCCC1. The van der Waals surface area contributed by atoms with Gasteiger partial charge in [0, 0.05) is 5.54 Å². The third-order valence-electron chi connectivity index (χ3n) is 2.92. The third-order valence-corrected chi connectivity index (χ3v) is 2.92. The molecular weight excluding hydrogens is 174 g/mol. The second kappa shape index (κ2) is 4.63. The van der Waals surface area contributed by atoms with Gasteiger partial charge in [0.25, 0.3) is 0 Å². The fourth-order valence-corrected chi connectivity index (χ4v) is 2.37. The summed E-state index contributed by atoms with van der Waals surface area (Å²) in [5.41, 5.74) is -0.0831. The Morgan fingerprint density at radius 2 is 2.07 bits per heavy atom. The zero-order valence-corrected chi connectivity index (χ0v) is 9.31. The molecule has 0 aromatic rings. The minimum Gasteiger partial charge on any atom is -0.348 e. The molecule has 1 saturated carbocycles. The lowest BCUT2D eigenvalue weighted by Crippen LogP contribution is -2.43. The largest absolute Gasteiger partial charge is 0.348 e. The zero-order chi connectivity index (χ0) is 10.6. The van der Waals surface area contributed by atoms with Crippen LogP contribution in [0.2, 0.25) is 0 Å². The van der Waals surface area contributed by atoms with E-state index < -0.39 is 0 Å². The van der Waals surface area contributed by atoms with Gasteiger partial charge in [0.05, 0.1) is 0 Å². The molecule has 0 heterocycles. The minimum absolute atomic E-state index is 0.0620. The van der Waals surface area contributed by atoms with E-state index in [1.54, 1.807) is 0 Å². The first kappa shape index (κ1) is 11.3. The van der Waals surface area contributed by atoms with Crippen LogP contribution >= 0.6 is 0 Å². The van der Waals surface area contributed by atoms with Crippen molar-refractivity contribution in [3.05, 3.63) is 12.7 Å². The number of hydrogen-bond donors (Lipinski definition) is 1. The lowest BCUT2D eigenvalue weighted by Gasteiger charge is -2.28. The van der Waals surface area contributed by atoms with E-state index in [-0.39, 0.29) is 11.4 Å². The van der Waals surface area contributed by atoms with Crippen molar-refractivity contribution in [2.24, 2.45) is 5.92 Å². The molecule has 0 aromatic heterocycles. The predicted molar refractivity (Wildman–Crippen MR) is 59.0 cm³/mol. The zero-order valence-electron chi connectivity index (χ0n) is 9.31. The van der Waals surface area contributed by atoms with E-state index in [0.29, 0.717) is 0 Å². The second-order valence-electron chi connectivity index (χ2n) is 4.93. The van der Waals surface area contributed by atoms with Crippen molar-refractivity contribution in [1.29, 1.82) is 0 Å². The van der Waals surface area contributed by atoms with Gasteiger partial charge in [-0.25, -0.2) is 0 Å². The summed E-state index contributed by atoms with van der Waals surface area (Å²) >= 11 is 0. The van der Waals surface area contributed by atoms with E-state index in [0.717, 1.165) is 12.3 Å². The summed E-state index contributed by atoms with van der Waals surface area (Å²) in [4.78, 5) is 11.2. The van der Waals surface area contributed by atoms with Crippen LogP contribution < -0.4 is 5.32 Å². The third kappa shape index (κ3) is 3.52. The average molecular weight is 195 g/mol. The lowest BCUT2D eigenvalue weighted by atomic mass is 9.89. The van der Waals surface area contributed by atoms with Crippen molar-refractivity contribution >= 4 is 5.91 Å². The number of rotatable bonds is 4. The van der Waals surface area contributed by atoms with Gasteiger partial charge in [-0.15, -0.1) is 0 Å². The van der Waals surface area contributed by atoms with Crippen molar-refractivity contribution < 1.29 is 4.79 Å². The molecule has 0 aliphatic heterocycles. The van der Waals surface area contributed by atoms with Crippen molar-refractivity contribution in [3.8, 4) is 0 Å². The van der Waals surface area contributed by atoms with Crippen LogP contribution in [0.25, 0.3) is 0 Å². The molecule has 1 rings (SSSR count). The van der Waals surface area contributed by atoms with Crippen LogP contribution in [0.1, 0.15) is 46.0 Å². The van der Waals surface area contributed by atoms with Gasteiger partial charge >= 0.3 is 0 Å². The maximum Gasteiger partial charge on any atom is 0.243 e. The molecule has 2 nitrogen and oxygen atoms in total. The topological polar surface area (TPSA) is 29.1 Å². The van der Waals surface area contributed by atoms with E-state index in [2.05, 4.69) is 25.7 Å². The van der Waals surface area contributed by atoms with Gasteiger partial charge in [0.2, 0.25) is 5.91 Å². The van der Waals surface area contributed by atoms with Crippen LogP contribution in [0.5, 0.6) is 0 Å². The molecule has 0 radical (unpaired) electrons. The predicted octanol–water partition coefficient (Wildman–Crippen LogP) is 2.65. The van der Waals surface area contributed by atoms with Crippen LogP contribution in [0.4, 0.5) is 0 Å². The first-order valence-corrected chi connectivity index (χ1v) is 5.48. The number of hydrogen-bond acceptors (Lipinski definition) is 1. The second-order valence-corrected chi connectivity index (χ2v) is 4.93. The molecule has 80 valence electrons. The molecule has 0 aromatic carbocycles. The number of carbonyl (C=O) groups excluding carboxylic acids is 1. The van der Waals surface area contributed by atoms with E-state index in [1.807, 2.05) is 0 Å². The molecule has 2 heteroatoms. The molecule has 14 heavy (non-hydrogen) atoms. The minimum atomic E-state index is -0.0831. The monoisotopic (exact) mass is 195 g/mol. The van der Waals surface area contributed by atoms with E-state index in [9.17, 15) is 4.79 Å². The molecule has 0 atom stereocenters. The van der Waals surface area contributed by atoms with Crippen molar-refractivity contribution in [1.82, 2.24) is 5.32 Å². The van der Waals surface area contributed by atoms with Crippen LogP contribution in [0.3, 0.4) is 0 Å². The van der Waals surface area contributed by atoms with E-state index in [4.69, 9.17) is 0 Å². The van der Waals surface area contributed by atoms with Crippen molar-refractivity contribution in [2.75, 3.05) is 0 Å². The Hall–Kier alpha value is -0.790. The Morgan fingerprint density at radius 1 is 1.50 bits per heavy atom. The van der Waals surface area contributed by atoms with Gasteiger partial charge in [-0.05, 0) is 32.3 Å². The molecule has 0 unspecified atom stereocenters. The van der Waals surface area contributed by atoms with E-state index in [1.165, 1.54) is 31.8 Å². The highest BCUT2D eigenvalue weighted by Gasteiger charge is 2.26. The van der Waals surface area contributed by atoms with E-state index >= 15 is 0 Å². The molecule has 1 N–H and O–H groups in total. The average Bonchev–Trinajstić information content (AvgIpc) is 2.54. The summed E-state index contributed by atoms with van der Waals surface area (Å²) in [5.74, 6) is 0.739.